The molecule has 0 radical (unpaired) electrons. The van der Waals surface area contributed by atoms with Gasteiger partial charge in [-0.15, -0.1) is 0 Å². The number of benzene rings is 2. The lowest BCUT2D eigenvalue weighted by atomic mass is 9.81. The maximum atomic E-state index is 10.9. The van der Waals surface area contributed by atoms with E-state index in [0.29, 0.717) is 17.0 Å². The van der Waals surface area contributed by atoms with Crippen LogP contribution in [0.4, 0.5) is 0 Å². The highest BCUT2D eigenvalue weighted by atomic mass is 16.5. The molecule has 5 heteroatoms. The van der Waals surface area contributed by atoms with Crippen LogP contribution in [0.1, 0.15) is 47.8 Å². The predicted molar refractivity (Wildman–Crippen MR) is 100 cm³/mol. The number of fused-ring (bicyclic) bond motifs is 1. The van der Waals surface area contributed by atoms with E-state index in [2.05, 4.69) is 4.98 Å². The van der Waals surface area contributed by atoms with Crippen LogP contribution < -0.4 is 9.47 Å². The molecule has 5 nitrogen and oxygen atoms in total. The van der Waals surface area contributed by atoms with Crippen LogP contribution in [0.25, 0.3) is 11.1 Å². The van der Waals surface area contributed by atoms with Gasteiger partial charge in [0, 0.05) is 11.6 Å². The van der Waals surface area contributed by atoms with Gasteiger partial charge in [0.2, 0.25) is 5.89 Å². The predicted octanol–water partition coefficient (Wildman–Crippen LogP) is 4.75. The number of hydrogen-bond acceptors (Lipinski definition) is 5. The molecule has 2 aliphatic rings. The molecular formula is C22H21NO4. The molecule has 27 heavy (non-hydrogen) atoms. The van der Waals surface area contributed by atoms with Crippen molar-refractivity contribution in [1.29, 1.82) is 0 Å². The van der Waals surface area contributed by atoms with E-state index < -0.39 is 0 Å². The Kier molecular flexibility index (Phi) is 4.07. The van der Waals surface area contributed by atoms with E-state index in [1.165, 1.54) is 12.8 Å². The molecule has 2 fully saturated rings. The molecule has 0 unspecified atom stereocenters. The number of oxazole rings is 1. The molecule has 3 aromatic rings. The van der Waals surface area contributed by atoms with Gasteiger partial charge in [-0.1, -0.05) is 6.07 Å². The van der Waals surface area contributed by atoms with E-state index in [4.69, 9.17) is 13.9 Å². The van der Waals surface area contributed by atoms with Gasteiger partial charge >= 0.3 is 0 Å². The van der Waals surface area contributed by atoms with Gasteiger partial charge in [-0.3, -0.25) is 4.79 Å². The summed E-state index contributed by atoms with van der Waals surface area (Å²) in [7, 11) is 0. The van der Waals surface area contributed by atoms with Gasteiger partial charge in [-0.05, 0) is 61.9 Å². The summed E-state index contributed by atoms with van der Waals surface area (Å²) in [6.45, 7) is 0.793. The standard InChI is InChI=1S/C22H21NO4/c24-12-15-6-8-19-21(10-15)27-22(23-19)18-7-9-20(18)26-17-3-1-2-16(11-17)25-13-14-4-5-14/h1-3,6,8,10-12,14,18,20H,4-5,7,9,13H2/t18-,20-/m1/s1. The monoisotopic (exact) mass is 363 g/mol. The van der Waals surface area contributed by atoms with Crippen molar-refractivity contribution in [2.24, 2.45) is 5.92 Å². The molecule has 0 bridgehead atoms. The van der Waals surface area contributed by atoms with Crippen molar-refractivity contribution in [2.45, 2.75) is 37.7 Å². The molecule has 0 spiro atoms. The van der Waals surface area contributed by atoms with Gasteiger partial charge in [0.05, 0.1) is 12.5 Å². The van der Waals surface area contributed by atoms with Crippen LogP contribution in [-0.2, 0) is 0 Å². The Labute approximate surface area is 157 Å². The second-order valence-electron chi connectivity index (χ2n) is 7.47. The summed E-state index contributed by atoms with van der Waals surface area (Å²) in [5, 5.41) is 0. The Morgan fingerprint density at radius 1 is 1.07 bits per heavy atom. The van der Waals surface area contributed by atoms with Crippen molar-refractivity contribution >= 4 is 17.4 Å². The maximum Gasteiger partial charge on any atom is 0.202 e. The number of rotatable bonds is 7. The first kappa shape index (κ1) is 16.4. The Morgan fingerprint density at radius 2 is 1.96 bits per heavy atom. The van der Waals surface area contributed by atoms with Crippen LogP contribution in [0.5, 0.6) is 11.5 Å². The molecule has 2 aromatic carbocycles. The van der Waals surface area contributed by atoms with Gasteiger partial charge in [0.1, 0.15) is 29.4 Å². The maximum absolute atomic E-state index is 10.9. The Bertz CT molecular complexity index is 975. The molecular weight excluding hydrogens is 342 g/mol. The van der Waals surface area contributed by atoms with Crippen molar-refractivity contribution in [3.63, 3.8) is 0 Å². The lowest BCUT2D eigenvalue weighted by molar-refractivity contribution is 0.0769. The van der Waals surface area contributed by atoms with Crippen LogP contribution in [0.15, 0.2) is 46.9 Å². The minimum Gasteiger partial charge on any atom is -0.493 e. The largest absolute Gasteiger partial charge is 0.493 e. The van der Waals surface area contributed by atoms with Crippen LogP contribution >= 0.6 is 0 Å². The molecule has 2 aliphatic carbocycles. The summed E-state index contributed by atoms with van der Waals surface area (Å²) in [6, 6.07) is 13.2. The minimum atomic E-state index is 0.0438. The highest BCUT2D eigenvalue weighted by Gasteiger charge is 2.38. The number of aromatic nitrogens is 1. The smallest absolute Gasteiger partial charge is 0.202 e. The highest BCUT2D eigenvalue weighted by Crippen LogP contribution is 2.40. The number of nitrogens with zero attached hydrogens (tertiary/aromatic N) is 1. The van der Waals surface area contributed by atoms with Crippen LogP contribution in [0, 0.1) is 5.92 Å². The van der Waals surface area contributed by atoms with Crippen molar-refractivity contribution in [3.05, 3.63) is 53.9 Å². The SMILES string of the molecule is O=Cc1ccc2nc([C@@H]3CC[C@H]3Oc3cccc(OCC4CC4)c3)oc2c1. The first-order valence-electron chi connectivity index (χ1n) is 9.54. The summed E-state index contributed by atoms with van der Waals surface area (Å²) in [5.74, 6) is 3.22. The van der Waals surface area contributed by atoms with Crippen molar-refractivity contribution in [3.8, 4) is 11.5 Å². The minimum absolute atomic E-state index is 0.0438. The van der Waals surface area contributed by atoms with E-state index in [0.717, 1.165) is 48.7 Å². The van der Waals surface area contributed by atoms with Crippen molar-refractivity contribution in [1.82, 2.24) is 4.98 Å². The van der Waals surface area contributed by atoms with Crippen molar-refractivity contribution in [2.75, 3.05) is 6.61 Å². The van der Waals surface area contributed by atoms with Gasteiger partial charge in [0.15, 0.2) is 5.58 Å². The number of hydrogen-bond donors (Lipinski definition) is 0. The molecule has 0 amide bonds. The van der Waals surface area contributed by atoms with E-state index in [1.54, 1.807) is 12.1 Å². The molecule has 2 saturated carbocycles. The van der Waals surface area contributed by atoms with Gasteiger partial charge in [0.25, 0.3) is 0 Å². The quantitative estimate of drug-likeness (QED) is 0.567. The summed E-state index contributed by atoms with van der Waals surface area (Å²) < 4.78 is 17.9. The lowest BCUT2D eigenvalue weighted by Crippen LogP contribution is -2.34. The topological polar surface area (TPSA) is 61.6 Å². The summed E-state index contributed by atoms with van der Waals surface area (Å²) in [5.41, 5.74) is 2.02. The van der Waals surface area contributed by atoms with Crippen LogP contribution in [0.3, 0.4) is 0 Å². The van der Waals surface area contributed by atoms with Crippen LogP contribution in [0.2, 0.25) is 0 Å². The molecule has 0 aliphatic heterocycles. The zero-order valence-corrected chi connectivity index (χ0v) is 15.0. The molecule has 1 heterocycles. The van der Waals surface area contributed by atoms with E-state index in [1.807, 2.05) is 30.3 Å². The fourth-order valence-corrected chi connectivity index (χ4v) is 3.39. The number of aldehydes is 1. The normalized spacial score (nSPS) is 21.6. The number of ether oxygens (including phenoxy) is 2. The summed E-state index contributed by atoms with van der Waals surface area (Å²) >= 11 is 0. The Balaban J connectivity index is 1.29. The first-order chi connectivity index (χ1) is 13.3. The third kappa shape index (κ3) is 3.42. The molecule has 1 aromatic heterocycles. The zero-order valence-electron chi connectivity index (χ0n) is 15.0. The molecule has 2 atom stereocenters. The van der Waals surface area contributed by atoms with Crippen molar-refractivity contribution < 1.29 is 18.7 Å². The Hall–Kier alpha value is -2.82. The van der Waals surface area contributed by atoms with E-state index in [-0.39, 0.29) is 12.0 Å². The highest BCUT2D eigenvalue weighted by molar-refractivity contribution is 5.83. The number of carbonyl (C=O) groups excluding carboxylic acids is 1. The van der Waals surface area contributed by atoms with Gasteiger partial charge in [-0.2, -0.15) is 0 Å². The summed E-state index contributed by atoms with van der Waals surface area (Å²) in [6.07, 6.45) is 5.36. The molecule has 138 valence electrons. The lowest BCUT2D eigenvalue weighted by Gasteiger charge is -2.34. The van der Waals surface area contributed by atoms with E-state index in [9.17, 15) is 4.79 Å². The second-order valence-corrected chi connectivity index (χ2v) is 7.47. The van der Waals surface area contributed by atoms with Crippen LogP contribution in [-0.4, -0.2) is 24.0 Å². The third-order valence-electron chi connectivity index (χ3n) is 5.37. The average molecular weight is 363 g/mol. The fraction of sp³-hybridized carbons (Fsp3) is 0.364. The summed E-state index contributed by atoms with van der Waals surface area (Å²) in [4.78, 5) is 15.5. The fourth-order valence-electron chi connectivity index (χ4n) is 3.39. The van der Waals surface area contributed by atoms with Gasteiger partial charge < -0.3 is 13.9 Å². The molecule has 5 rings (SSSR count). The average Bonchev–Trinajstić information content (AvgIpc) is 3.42. The molecule has 0 saturated heterocycles. The molecule has 0 N–H and O–H groups in total. The first-order valence-corrected chi connectivity index (χ1v) is 9.54. The van der Waals surface area contributed by atoms with Gasteiger partial charge in [-0.25, -0.2) is 4.98 Å². The third-order valence-corrected chi connectivity index (χ3v) is 5.37. The van der Waals surface area contributed by atoms with E-state index >= 15 is 0 Å². The number of carbonyl (C=O) groups is 1. The Morgan fingerprint density at radius 3 is 2.74 bits per heavy atom. The zero-order chi connectivity index (χ0) is 18.2. The second kappa shape index (κ2) is 6.72.